The molecule has 6 nitrogen and oxygen atoms in total. The average molecular weight is 374 g/mol. The lowest BCUT2D eigenvalue weighted by molar-refractivity contribution is -1.22. The Bertz CT molecular complexity index is 442. The maximum absolute atomic E-state index is 12.9. The molecule has 2 saturated heterocycles. The molecule has 2 fully saturated rings. The number of hydroxylamine groups is 5. The highest BCUT2D eigenvalue weighted by Crippen LogP contribution is 2.45. The topological polar surface area (TPSA) is 83.5 Å². The fourth-order valence-electron chi connectivity index (χ4n) is 5.00. The first kappa shape index (κ1) is 23.8. The van der Waals surface area contributed by atoms with Gasteiger partial charge in [0.05, 0.1) is 0 Å². The second-order valence-corrected chi connectivity index (χ2v) is 10.6. The van der Waals surface area contributed by atoms with Gasteiger partial charge in [-0.05, 0) is 81.1 Å². The van der Waals surface area contributed by atoms with Crippen LogP contribution in [0.4, 0.5) is 0 Å². The zero-order chi connectivity index (χ0) is 20.6. The van der Waals surface area contributed by atoms with Crippen molar-refractivity contribution in [2.45, 2.75) is 122 Å². The molecule has 0 spiro atoms. The third-order valence-electron chi connectivity index (χ3n) is 6.64. The third kappa shape index (κ3) is 4.26. The van der Waals surface area contributed by atoms with Crippen LogP contribution in [0.15, 0.2) is 0 Å². The van der Waals surface area contributed by atoms with Crippen molar-refractivity contribution < 1.29 is 25.3 Å². The highest BCUT2D eigenvalue weighted by atomic mass is 16.6. The van der Waals surface area contributed by atoms with E-state index in [-0.39, 0.29) is 11.1 Å². The molecule has 0 bridgehead atoms. The normalized spacial score (nSPS) is 30.0. The van der Waals surface area contributed by atoms with Crippen molar-refractivity contribution in [2.75, 3.05) is 6.61 Å². The summed E-state index contributed by atoms with van der Waals surface area (Å²) in [6.07, 6.45) is 4.57. The second kappa shape index (κ2) is 7.64. The Labute approximate surface area is 159 Å². The SMILES string of the molecule is CC1(C)CCCC(C)(C)N1[O].CC1(C)CCCC(C)(C)[N+]1([O])C(O)CO. The van der Waals surface area contributed by atoms with Gasteiger partial charge in [-0.25, -0.2) is 0 Å². The van der Waals surface area contributed by atoms with Gasteiger partial charge in [0.2, 0.25) is 6.23 Å². The Morgan fingerprint density at radius 3 is 1.50 bits per heavy atom. The largest absolute Gasteiger partial charge is 0.387 e. The molecule has 0 amide bonds. The van der Waals surface area contributed by atoms with E-state index in [1.165, 1.54) is 11.5 Å². The second-order valence-electron chi connectivity index (χ2n) is 10.6. The molecule has 26 heavy (non-hydrogen) atoms. The molecule has 2 heterocycles. The molecule has 0 aromatic rings. The number of piperidine rings is 2. The van der Waals surface area contributed by atoms with Gasteiger partial charge < -0.3 is 10.2 Å². The van der Waals surface area contributed by atoms with Crippen molar-refractivity contribution in [1.82, 2.24) is 5.06 Å². The molecular formula is C20H41N2O4+. The van der Waals surface area contributed by atoms with E-state index in [4.69, 9.17) is 5.11 Å². The molecule has 0 aromatic heterocycles. The number of rotatable bonds is 2. The first-order valence-corrected chi connectivity index (χ1v) is 9.91. The van der Waals surface area contributed by atoms with E-state index in [0.29, 0.717) is 0 Å². The Hall–Kier alpha value is -0.240. The lowest BCUT2D eigenvalue weighted by Crippen LogP contribution is -2.75. The van der Waals surface area contributed by atoms with E-state index in [1.807, 2.05) is 55.4 Å². The summed E-state index contributed by atoms with van der Waals surface area (Å²) in [5, 5.41) is 44.7. The minimum absolute atomic E-state index is 0.151. The van der Waals surface area contributed by atoms with E-state index in [0.717, 1.165) is 32.1 Å². The van der Waals surface area contributed by atoms with Gasteiger partial charge in [-0.15, -0.1) is 14.9 Å². The van der Waals surface area contributed by atoms with Crippen LogP contribution in [0.2, 0.25) is 0 Å². The molecule has 0 aromatic carbocycles. The Balaban J connectivity index is 0.000000273. The number of hydrogen-bond donors (Lipinski definition) is 2. The van der Waals surface area contributed by atoms with Gasteiger partial charge in [0.1, 0.15) is 17.7 Å². The Morgan fingerprint density at radius 1 is 0.846 bits per heavy atom. The van der Waals surface area contributed by atoms with Gasteiger partial charge in [0, 0.05) is 29.1 Å². The first-order chi connectivity index (χ1) is 11.6. The predicted octanol–water partition coefficient (Wildman–Crippen LogP) is 3.58. The minimum Gasteiger partial charge on any atom is -0.387 e. The van der Waals surface area contributed by atoms with Crippen molar-refractivity contribution in [3.8, 4) is 0 Å². The van der Waals surface area contributed by atoms with Gasteiger partial charge in [0.25, 0.3) is 0 Å². The van der Waals surface area contributed by atoms with Crippen molar-refractivity contribution >= 4 is 0 Å². The highest BCUT2D eigenvalue weighted by molar-refractivity contribution is 4.91. The van der Waals surface area contributed by atoms with Crippen LogP contribution in [0.25, 0.3) is 0 Å². The van der Waals surface area contributed by atoms with Crippen LogP contribution in [-0.4, -0.2) is 54.9 Å². The van der Waals surface area contributed by atoms with Crippen molar-refractivity contribution in [1.29, 1.82) is 0 Å². The highest BCUT2D eigenvalue weighted by Gasteiger charge is 2.62. The van der Waals surface area contributed by atoms with E-state index >= 15 is 0 Å². The molecule has 2 aliphatic rings. The standard InChI is InChI=1S/C11H23NO3.C9H18NO/c1-10(2)6-5-7-11(3,4)12(10,15)9(14)8-13;1-8(2)6-5-7-9(3,4)10(8)11/h9,13-14H,5-8H2,1-4H3;5-7H2,1-4H3/q+1;. The van der Waals surface area contributed by atoms with Gasteiger partial charge >= 0.3 is 0 Å². The maximum Gasteiger partial charge on any atom is 0.247 e. The summed E-state index contributed by atoms with van der Waals surface area (Å²) in [6.45, 7) is 15.1. The van der Waals surface area contributed by atoms with Crippen LogP contribution in [0.1, 0.15) is 93.9 Å². The number of likely N-dealkylation sites (tertiary alicyclic amines) is 1. The van der Waals surface area contributed by atoms with Gasteiger partial charge in [-0.3, -0.25) is 0 Å². The first-order valence-electron chi connectivity index (χ1n) is 9.91. The van der Waals surface area contributed by atoms with E-state index < -0.39 is 28.6 Å². The van der Waals surface area contributed by atoms with E-state index in [9.17, 15) is 15.5 Å². The summed E-state index contributed by atoms with van der Waals surface area (Å²) in [5.41, 5.74) is -1.38. The average Bonchev–Trinajstić information content (AvgIpc) is 2.49. The van der Waals surface area contributed by atoms with E-state index in [1.54, 1.807) is 0 Å². The van der Waals surface area contributed by atoms with Crippen molar-refractivity contribution in [3.63, 3.8) is 0 Å². The summed E-state index contributed by atoms with van der Waals surface area (Å²) in [7, 11) is 0. The summed E-state index contributed by atoms with van der Waals surface area (Å²) in [5.74, 6) is 0. The van der Waals surface area contributed by atoms with Crippen LogP contribution in [0, 0.1) is 0 Å². The molecule has 0 aliphatic carbocycles. The molecule has 2 radical (unpaired) electrons. The quantitative estimate of drug-likeness (QED) is 0.726. The summed E-state index contributed by atoms with van der Waals surface area (Å²) in [6, 6.07) is 0. The van der Waals surface area contributed by atoms with Crippen molar-refractivity contribution in [2.24, 2.45) is 0 Å². The van der Waals surface area contributed by atoms with Gasteiger partial charge in [0.15, 0.2) is 0 Å². The molecule has 1 atom stereocenters. The fourth-order valence-corrected chi connectivity index (χ4v) is 5.00. The summed E-state index contributed by atoms with van der Waals surface area (Å²) in [4.78, 5) is 0. The number of nitrogens with zero attached hydrogens (tertiary/aromatic N) is 2. The molecule has 2 rings (SSSR count). The third-order valence-corrected chi connectivity index (χ3v) is 6.64. The lowest BCUT2D eigenvalue weighted by atomic mass is 9.78. The molecular weight excluding hydrogens is 332 g/mol. The molecule has 2 N–H and O–H groups in total. The monoisotopic (exact) mass is 373 g/mol. The lowest BCUT2D eigenvalue weighted by Gasteiger charge is -2.54. The van der Waals surface area contributed by atoms with Crippen LogP contribution in [-0.2, 0) is 10.4 Å². The number of quaternary nitrogens is 1. The van der Waals surface area contributed by atoms with Crippen LogP contribution >= 0.6 is 0 Å². The smallest absolute Gasteiger partial charge is 0.247 e. The summed E-state index contributed by atoms with van der Waals surface area (Å²) < 4.78 is -0.712. The van der Waals surface area contributed by atoms with Crippen LogP contribution < -0.4 is 0 Å². The molecule has 0 saturated carbocycles. The number of hydrogen-bond acceptors (Lipinski definition) is 3. The maximum atomic E-state index is 12.9. The zero-order valence-electron chi connectivity index (χ0n) is 18.1. The minimum atomic E-state index is -1.24. The van der Waals surface area contributed by atoms with Gasteiger partial charge in [-0.2, -0.15) is 0 Å². The predicted molar refractivity (Wildman–Crippen MR) is 101 cm³/mol. The van der Waals surface area contributed by atoms with Crippen LogP contribution in [0.5, 0.6) is 0 Å². The van der Waals surface area contributed by atoms with Crippen molar-refractivity contribution in [3.05, 3.63) is 0 Å². The molecule has 2 aliphatic heterocycles. The van der Waals surface area contributed by atoms with Crippen LogP contribution in [0.3, 0.4) is 0 Å². The Kier molecular flexibility index (Phi) is 7.00. The Morgan fingerprint density at radius 2 is 1.19 bits per heavy atom. The molecule has 6 heteroatoms. The molecule has 154 valence electrons. The van der Waals surface area contributed by atoms with Gasteiger partial charge in [-0.1, -0.05) is 0 Å². The number of aliphatic hydroxyl groups is 2. The summed E-state index contributed by atoms with van der Waals surface area (Å²) >= 11 is 0. The number of aliphatic hydroxyl groups excluding tert-OH is 2. The fraction of sp³-hybridized carbons (Fsp3) is 1.00. The molecule has 1 unspecified atom stereocenters. The van der Waals surface area contributed by atoms with E-state index in [2.05, 4.69) is 0 Å². The zero-order valence-corrected chi connectivity index (χ0v) is 18.1.